The maximum Gasteiger partial charge on any atom is 0.326 e. The molecular formula is C36H34FN5O9S. The van der Waals surface area contributed by atoms with Gasteiger partial charge in [-0.25, -0.2) is 13.4 Å². The Kier molecular flexibility index (Phi) is 9.16. The van der Waals surface area contributed by atoms with Crippen LogP contribution in [0.25, 0.3) is 21.5 Å². The van der Waals surface area contributed by atoms with E-state index in [1.54, 1.807) is 16.9 Å². The van der Waals surface area contributed by atoms with E-state index < -0.39 is 51.9 Å². The Morgan fingerprint density at radius 2 is 1.83 bits per heavy atom. The van der Waals surface area contributed by atoms with Crippen molar-refractivity contribution in [1.29, 1.82) is 0 Å². The molecule has 52 heavy (non-hydrogen) atoms. The molecule has 4 aromatic rings. The lowest BCUT2D eigenvalue weighted by Crippen LogP contribution is -2.53. The second-order valence-corrected chi connectivity index (χ2v) is 14.4. The molecule has 14 nitrogen and oxygen atoms in total. The van der Waals surface area contributed by atoms with Gasteiger partial charge in [0.25, 0.3) is 11.8 Å². The smallest absolute Gasteiger partial charge is 0.326 e. The van der Waals surface area contributed by atoms with Gasteiger partial charge in [0.05, 0.1) is 12.3 Å². The number of rotatable bonds is 12. The minimum absolute atomic E-state index is 0.000911. The molecule has 270 valence electrons. The predicted molar refractivity (Wildman–Crippen MR) is 188 cm³/mol. The van der Waals surface area contributed by atoms with Gasteiger partial charge in [0.1, 0.15) is 29.8 Å². The zero-order valence-corrected chi connectivity index (χ0v) is 28.6. The number of imide groups is 1. The summed E-state index contributed by atoms with van der Waals surface area (Å²) in [7, 11) is -4.34. The highest BCUT2D eigenvalue weighted by atomic mass is 32.2. The van der Waals surface area contributed by atoms with Crippen LogP contribution < -0.4 is 29.3 Å². The van der Waals surface area contributed by atoms with Crippen molar-refractivity contribution in [3.8, 4) is 11.5 Å². The Labute approximate surface area is 297 Å². The quantitative estimate of drug-likeness (QED) is 0.125. The lowest BCUT2D eigenvalue weighted by Gasteiger charge is -2.30. The first-order chi connectivity index (χ1) is 24.9. The molecule has 3 aliphatic heterocycles. The first-order valence-corrected chi connectivity index (χ1v) is 18.3. The molecule has 2 fully saturated rings. The van der Waals surface area contributed by atoms with E-state index in [1.807, 2.05) is 24.3 Å². The van der Waals surface area contributed by atoms with Crippen molar-refractivity contribution in [3.63, 3.8) is 0 Å². The fraction of sp³-hybridized carbons (Fsp3) is 0.306. The number of anilines is 2. The maximum atomic E-state index is 15.5. The molecule has 7 rings (SSSR count). The molecule has 3 heterocycles. The van der Waals surface area contributed by atoms with Crippen LogP contribution in [-0.2, 0) is 35.8 Å². The van der Waals surface area contributed by atoms with E-state index in [0.29, 0.717) is 58.9 Å². The molecule has 4 N–H and O–H groups in total. The van der Waals surface area contributed by atoms with Gasteiger partial charge in [-0.3, -0.25) is 34.2 Å². The number of unbranched alkanes of at least 4 members (excludes halogenated alkanes) is 1. The van der Waals surface area contributed by atoms with E-state index in [9.17, 15) is 37.5 Å². The number of hydrogen-bond acceptors (Lipinski definition) is 9. The Balaban J connectivity index is 0.882. The molecule has 16 heteroatoms. The SMILES string of the molecule is O=C(CCCCOc1ccc2cc(O)c(N3CC(=O)NS3(=O)=O)c(F)c2c1)NCCCc1ccc2c3c(cccc13)C(=O)N2C1CCC(=O)NC1=O. The molecule has 5 amide bonds. The van der Waals surface area contributed by atoms with Crippen LogP contribution in [0.3, 0.4) is 0 Å². The molecule has 3 aliphatic rings. The number of ether oxygens (including phenoxy) is 1. The molecule has 0 radical (unpaired) electrons. The van der Waals surface area contributed by atoms with Crippen LogP contribution in [0.2, 0.25) is 0 Å². The zero-order valence-electron chi connectivity index (χ0n) is 27.7. The van der Waals surface area contributed by atoms with Crippen molar-refractivity contribution >= 4 is 72.7 Å². The highest BCUT2D eigenvalue weighted by molar-refractivity contribution is 7.92. The molecule has 0 aromatic heterocycles. The third-order valence-electron chi connectivity index (χ3n) is 9.42. The Morgan fingerprint density at radius 1 is 1.00 bits per heavy atom. The fourth-order valence-corrected chi connectivity index (χ4v) is 8.14. The number of piperidine rings is 1. The Morgan fingerprint density at radius 3 is 2.60 bits per heavy atom. The number of halogens is 1. The Bertz CT molecular complexity index is 2300. The minimum atomic E-state index is -4.34. The lowest BCUT2D eigenvalue weighted by molar-refractivity contribution is -0.134. The third-order valence-corrected chi connectivity index (χ3v) is 10.8. The predicted octanol–water partition coefficient (Wildman–Crippen LogP) is 3.08. The summed E-state index contributed by atoms with van der Waals surface area (Å²) in [6, 6.07) is 14.2. The van der Waals surface area contributed by atoms with Gasteiger partial charge in [-0.1, -0.05) is 24.3 Å². The summed E-state index contributed by atoms with van der Waals surface area (Å²) < 4.78 is 47.9. The summed E-state index contributed by atoms with van der Waals surface area (Å²) in [5.74, 6) is -3.38. The molecule has 4 aromatic carbocycles. The number of fused-ring (bicyclic) bond motifs is 1. The van der Waals surface area contributed by atoms with Crippen molar-refractivity contribution in [2.45, 2.75) is 51.0 Å². The number of phenols is 1. The van der Waals surface area contributed by atoms with Crippen LogP contribution in [0.5, 0.6) is 11.5 Å². The van der Waals surface area contributed by atoms with Gasteiger partial charge < -0.3 is 15.2 Å². The highest BCUT2D eigenvalue weighted by Crippen LogP contribution is 2.42. The van der Waals surface area contributed by atoms with Crippen molar-refractivity contribution in [1.82, 2.24) is 15.4 Å². The van der Waals surface area contributed by atoms with Crippen LogP contribution in [0.15, 0.2) is 54.6 Å². The number of amides is 5. The topological polar surface area (TPSA) is 192 Å². The average molecular weight is 732 g/mol. The number of nitrogens with zero attached hydrogens (tertiary/aromatic N) is 2. The molecule has 1 unspecified atom stereocenters. The van der Waals surface area contributed by atoms with Gasteiger partial charge in [-0.15, -0.1) is 0 Å². The number of hydrogen-bond donors (Lipinski definition) is 4. The molecule has 0 spiro atoms. The third kappa shape index (κ3) is 6.45. The molecule has 0 saturated carbocycles. The van der Waals surface area contributed by atoms with Crippen LogP contribution in [0, 0.1) is 5.82 Å². The van der Waals surface area contributed by atoms with Gasteiger partial charge in [0.15, 0.2) is 5.82 Å². The summed E-state index contributed by atoms with van der Waals surface area (Å²) in [6.45, 7) is 0.0210. The van der Waals surface area contributed by atoms with Gasteiger partial charge in [0, 0.05) is 35.7 Å². The minimum Gasteiger partial charge on any atom is -0.506 e. The molecule has 0 bridgehead atoms. The second kappa shape index (κ2) is 13.7. The summed E-state index contributed by atoms with van der Waals surface area (Å²) in [5.41, 5.74) is 1.55. The number of aryl methyl sites for hydroxylation is 1. The average Bonchev–Trinajstić information content (AvgIpc) is 3.54. The van der Waals surface area contributed by atoms with E-state index in [4.69, 9.17) is 4.74 Å². The first-order valence-electron chi connectivity index (χ1n) is 16.8. The summed E-state index contributed by atoms with van der Waals surface area (Å²) >= 11 is 0. The van der Waals surface area contributed by atoms with Crippen LogP contribution in [0.4, 0.5) is 15.8 Å². The number of nitrogens with one attached hydrogen (secondary N) is 3. The molecule has 2 saturated heterocycles. The van der Waals surface area contributed by atoms with Crippen molar-refractivity contribution in [2.24, 2.45) is 0 Å². The maximum absolute atomic E-state index is 15.5. The van der Waals surface area contributed by atoms with E-state index in [0.717, 1.165) is 16.3 Å². The molecule has 1 atom stereocenters. The largest absolute Gasteiger partial charge is 0.506 e. The van der Waals surface area contributed by atoms with Crippen molar-refractivity contribution < 1.29 is 46.6 Å². The van der Waals surface area contributed by atoms with E-state index in [-0.39, 0.29) is 49.0 Å². The fourth-order valence-electron chi connectivity index (χ4n) is 6.98. The highest BCUT2D eigenvalue weighted by Gasteiger charge is 2.41. The summed E-state index contributed by atoms with van der Waals surface area (Å²) in [6.07, 6.45) is 3.08. The van der Waals surface area contributed by atoms with Crippen molar-refractivity contribution in [2.75, 3.05) is 28.9 Å². The van der Waals surface area contributed by atoms with Gasteiger partial charge in [-0.2, -0.15) is 8.42 Å². The van der Waals surface area contributed by atoms with Gasteiger partial charge in [-0.05, 0) is 78.8 Å². The van der Waals surface area contributed by atoms with E-state index in [1.165, 1.54) is 23.1 Å². The van der Waals surface area contributed by atoms with Gasteiger partial charge >= 0.3 is 10.2 Å². The van der Waals surface area contributed by atoms with Crippen LogP contribution in [0.1, 0.15) is 54.4 Å². The normalized spacial score (nSPS) is 17.9. The standard InChI is InChI=1S/C36H34FN5O9S/c37-33-25-18-22(11-9-21(25)17-28(43)34(33)41-19-31(46)40-52(41,49)50)51-16-2-1-8-29(44)38-15-4-5-20-10-12-26-32-23(20)6-3-7-24(32)36(48)42(26)27-13-14-30(45)39-35(27)47/h3,6-7,9-12,17-18,27,43H,1-2,4-5,8,13-16,19H2,(H,38,44)(H,40,46)(H,39,45,47). The van der Waals surface area contributed by atoms with Crippen LogP contribution >= 0.6 is 0 Å². The van der Waals surface area contributed by atoms with E-state index in [2.05, 4.69) is 10.6 Å². The van der Waals surface area contributed by atoms with Crippen LogP contribution in [-0.4, -0.2) is 68.8 Å². The number of phenolic OH excluding ortho intramolecular Hbond substituents is 1. The molecular weight excluding hydrogens is 697 g/mol. The molecule has 0 aliphatic carbocycles. The Hall–Kier alpha value is -5.77. The summed E-state index contributed by atoms with van der Waals surface area (Å²) in [5, 5.41) is 17.6. The number of benzene rings is 4. The number of carbonyl (C=O) groups is 5. The number of carbonyl (C=O) groups excluding carboxylic acids is 5. The first kappa shape index (κ1) is 34.7. The number of aromatic hydroxyl groups is 1. The second-order valence-electron chi connectivity index (χ2n) is 12.9. The summed E-state index contributed by atoms with van der Waals surface area (Å²) in [4.78, 5) is 63.2. The monoisotopic (exact) mass is 731 g/mol. The van der Waals surface area contributed by atoms with Crippen molar-refractivity contribution in [3.05, 3.63) is 71.5 Å². The zero-order chi connectivity index (χ0) is 36.7. The van der Waals surface area contributed by atoms with E-state index >= 15 is 4.39 Å². The lowest BCUT2D eigenvalue weighted by atomic mass is 9.97. The van der Waals surface area contributed by atoms with Gasteiger partial charge in [0.2, 0.25) is 17.7 Å².